The predicted octanol–water partition coefficient (Wildman–Crippen LogP) is 0.857. The fourth-order valence-corrected chi connectivity index (χ4v) is 4.00. The van der Waals surface area contributed by atoms with Crippen molar-refractivity contribution in [3.05, 3.63) is 35.4 Å². The zero-order chi connectivity index (χ0) is 20.0. The van der Waals surface area contributed by atoms with Crippen molar-refractivity contribution in [2.45, 2.75) is 19.6 Å². The molecule has 0 spiro atoms. The van der Waals surface area contributed by atoms with Gasteiger partial charge in [-0.05, 0) is 31.5 Å². The fraction of sp³-hybridized carbons (Fsp3) is 0.579. The van der Waals surface area contributed by atoms with Gasteiger partial charge in [-0.3, -0.25) is 14.5 Å². The Bertz CT molecular complexity index is 750. The van der Waals surface area contributed by atoms with E-state index in [1.807, 2.05) is 18.7 Å². The lowest BCUT2D eigenvalue weighted by Gasteiger charge is -2.35. The average Bonchev–Trinajstić information content (AvgIpc) is 2.62. The Labute approximate surface area is 161 Å². The molecule has 8 heteroatoms. The number of rotatable bonds is 7. The summed E-state index contributed by atoms with van der Waals surface area (Å²) in [6.45, 7) is 8.26. The second kappa shape index (κ2) is 9.32. The van der Waals surface area contributed by atoms with Gasteiger partial charge in [0.25, 0.3) is 5.91 Å². The van der Waals surface area contributed by atoms with E-state index in [4.69, 9.17) is 0 Å². The average molecular weight is 396 g/mol. The molecule has 150 valence electrons. The summed E-state index contributed by atoms with van der Waals surface area (Å²) in [5.74, 6) is 0.0395. The molecule has 1 aliphatic heterocycles. The first-order chi connectivity index (χ1) is 12.7. The number of likely N-dealkylation sites (N-methyl/N-ethyl adjacent to an activating group) is 1. The summed E-state index contributed by atoms with van der Waals surface area (Å²) in [6, 6.07) is 6.73. The van der Waals surface area contributed by atoms with E-state index in [0.717, 1.165) is 0 Å². The van der Waals surface area contributed by atoms with E-state index < -0.39 is 9.84 Å². The molecule has 0 aliphatic carbocycles. The third-order valence-corrected chi connectivity index (χ3v) is 5.62. The summed E-state index contributed by atoms with van der Waals surface area (Å²) in [5, 5.41) is 0. The standard InChI is InChI=1S/C19H29N3O4S/c1-4-21(5-2)18(23)14-20-10-12-22(13-11-20)19(24)17-8-6-16(7-9-17)15-27(3,25)26/h6-9H,4-5,10-15H2,1-3H3. The van der Waals surface area contributed by atoms with Crippen LogP contribution in [-0.2, 0) is 20.4 Å². The molecule has 1 saturated heterocycles. The molecule has 0 bridgehead atoms. The number of nitrogens with zero attached hydrogens (tertiary/aromatic N) is 3. The number of sulfone groups is 1. The maximum absolute atomic E-state index is 12.6. The Morgan fingerprint density at radius 3 is 2.04 bits per heavy atom. The van der Waals surface area contributed by atoms with Gasteiger partial charge in [0.2, 0.25) is 5.91 Å². The normalized spacial score (nSPS) is 15.6. The lowest BCUT2D eigenvalue weighted by Crippen LogP contribution is -2.51. The van der Waals surface area contributed by atoms with Crippen molar-refractivity contribution in [3.63, 3.8) is 0 Å². The SMILES string of the molecule is CCN(CC)C(=O)CN1CCN(C(=O)c2ccc(CS(C)(=O)=O)cc2)CC1. The smallest absolute Gasteiger partial charge is 0.253 e. The van der Waals surface area contributed by atoms with Crippen molar-refractivity contribution < 1.29 is 18.0 Å². The van der Waals surface area contributed by atoms with Crippen LogP contribution in [0.5, 0.6) is 0 Å². The Balaban J connectivity index is 1.88. The summed E-state index contributed by atoms with van der Waals surface area (Å²) in [7, 11) is -3.09. The van der Waals surface area contributed by atoms with Crippen LogP contribution in [-0.4, -0.2) is 87.0 Å². The Morgan fingerprint density at radius 2 is 1.56 bits per heavy atom. The maximum Gasteiger partial charge on any atom is 0.253 e. The Morgan fingerprint density at radius 1 is 1.00 bits per heavy atom. The second-order valence-corrected chi connectivity index (χ2v) is 9.04. The second-order valence-electron chi connectivity index (χ2n) is 6.90. The van der Waals surface area contributed by atoms with E-state index in [1.165, 1.54) is 6.26 Å². The third-order valence-electron chi connectivity index (χ3n) is 4.76. The molecular formula is C19H29N3O4S. The summed E-state index contributed by atoms with van der Waals surface area (Å²) < 4.78 is 22.7. The van der Waals surface area contributed by atoms with Gasteiger partial charge in [-0.1, -0.05) is 12.1 Å². The van der Waals surface area contributed by atoms with E-state index in [0.29, 0.717) is 56.9 Å². The van der Waals surface area contributed by atoms with E-state index in [-0.39, 0.29) is 17.6 Å². The molecule has 2 amide bonds. The van der Waals surface area contributed by atoms with Gasteiger partial charge in [0.15, 0.2) is 9.84 Å². The molecule has 1 fully saturated rings. The van der Waals surface area contributed by atoms with Crippen molar-refractivity contribution in [1.82, 2.24) is 14.7 Å². The topological polar surface area (TPSA) is 78.0 Å². The van der Waals surface area contributed by atoms with Gasteiger partial charge >= 0.3 is 0 Å². The largest absolute Gasteiger partial charge is 0.342 e. The molecule has 1 heterocycles. The van der Waals surface area contributed by atoms with E-state index in [9.17, 15) is 18.0 Å². The van der Waals surface area contributed by atoms with Gasteiger partial charge in [-0.2, -0.15) is 0 Å². The molecule has 7 nitrogen and oxygen atoms in total. The summed E-state index contributed by atoms with van der Waals surface area (Å²) >= 11 is 0. The highest BCUT2D eigenvalue weighted by molar-refractivity contribution is 7.89. The lowest BCUT2D eigenvalue weighted by atomic mass is 10.1. The molecule has 0 radical (unpaired) electrons. The molecule has 1 aromatic rings. The molecule has 2 rings (SSSR count). The number of benzene rings is 1. The maximum atomic E-state index is 12.6. The van der Waals surface area contributed by atoms with Gasteiger partial charge in [0.1, 0.15) is 0 Å². The minimum Gasteiger partial charge on any atom is -0.342 e. The van der Waals surface area contributed by atoms with Gasteiger partial charge in [-0.25, -0.2) is 8.42 Å². The van der Waals surface area contributed by atoms with E-state index >= 15 is 0 Å². The highest BCUT2D eigenvalue weighted by Crippen LogP contribution is 2.12. The van der Waals surface area contributed by atoms with Crippen LogP contribution in [0.15, 0.2) is 24.3 Å². The summed E-state index contributed by atoms with van der Waals surface area (Å²) in [4.78, 5) is 30.5. The van der Waals surface area contributed by atoms with E-state index in [1.54, 1.807) is 29.2 Å². The van der Waals surface area contributed by atoms with Crippen molar-refractivity contribution in [2.75, 3.05) is 52.1 Å². The quantitative estimate of drug-likeness (QED) is 0.684. The van der Waals surface area contributed by atoms with Crippen molar-refractivity contribution in [2.24, 2.45) is 0 Å². The van der Waals surface area contributed by atoms with Crippen molar-refractivity contribution in [1.29, 1.82) is 0 Å². The zero-order valence-corrected chi connectivity index (χ0v) is 17.2. The minimum atomic E-state index is -3.09. The fourth-order valence-electron chi connectivity index (χ4n) is 3.21. The molecule has 27 heavy (non-hydrogen) atoms. The Kier molecular flexibility index (Phi) is 7.38. The molecule has 0 N–H and O–H groups in total. The first-order valence-corrected chi connectivity index (χ1v) is 11.4. The number of carbonyl (C=O) groups excluding carboxylic acids is 2. The van der Waals surface area contributed by atoms with Crippen LogP contribution in [0.1, 0.15) is 29.8 Å². The summed E-state index contributed by atoms with van der Waals surface area (Å²) in [5.41, 5.74) is 1.23. The number of amides is 2. The van der Waals surface area contributed by atoms with Crippen molar-refractivity contribution >= 4 is 21.7 Å². The number of hydrogen-bond donors (Lipinski definition) is 0. The van der Waals surface area contributed by atoms with E-state index in [2.05, 4.69) is 4.90 Å². The molecule has 1 aromatic carbocycles. The minimum absolute atomic E-state index is 0.0271. The highest BCUT2D eigenvalue weighted by atomic mass is 32.2. The molecular weight excluding hydrogens is 366 g/mol. The predicted molar refractivity (Wildman–Crippen MR) is 105 cm³/mol. The van der Waals surface area contributed by atoms with Gasteiger partial charge < -0.3 is 9.80 Å². The molecule has 0 saturated carbocycles. The third kappa shape index (κ3) is 6.32. The monoisotopic (exact) mass is 395 g/mol. The Hall–Kier alpha value is -1.93. The zero-order valence-electron chi connectivity index (χ0n) is 16.3. The molecule has 0 unspecified atom stereocenters. The van der Waals surface area contributed by atoms with Gasteiger partial charge in [0, 0.05) is 51.1 Å². The van der Waals surface area contributed by atoms with Crippen LogP contribution in [0.2, 0.25) is 0 Å². The number of hydrogen-bond acceptors (Lipinski definition) is 5. The molecule has 0 aromatic heterocycles. The van der Waals surface area contributed by atoms with Crippen LogP contribution in [0, 0.1) is 0 Å². The van der Waals surface area contributed by atoms with Gasteiger partial charge in [-0.15, -0.1) is 0 Å². The van der Waals surface area contributed by atoms with Crippen LogP contribution < -0.4 is 0 Å². The van der Waals surface area contributed by atoms with Crippen LogP contribution in [0.4, 0.5) is 0 Å². The molecule has 1 aliphatic rings. The highest BCUT2D eigenvalue weighted by Gasteiger charge is 2.24. The van der Waals surface area contributed by atoms with Crippen LogP contribution in [0.3, 0.4) is 0 Å². The molecule has 0 atom stereocenters. The lowest BCUT2D eigenvalue weighted by molar-refractivity contribution is -0.132. The van der Waals surface area contributed by atoms with Crippen LogP contribution >= 0.6 is 0 Å². The van der Waals surface area contributed by atoms with Crippen LogP contribution in [0.25, 0.3) is 0 Å². The number of piperazine rings is 1. The first kappa shape index (κ1) is 21.4. The first-order valence-electron chi connectivity index (χ1n) is 9.29. The van der Waals surface area contributed by atoms with Crippen molar-refractivity contribution in [3.8, 4) is 0 Å². The van der Waals surface area contributed by atoms with Gasteiger partial charge in [0.05, 0.1) is 12.3 Å². The number of carbonyl (C=O) groups is 2. The summed E-state index contributed by atoms with van der Waals surface area (Å²) in [6.07, 6.45) is 1.19.